The fraction of sp³-hybridized carbons (Fsp3) is 0.480. The quantitative estimate of drug-likeness (QED) is 0.628. The van der Waals surface area contributed by atoms with E-state index in [2.05, 4.69) is 49.2 Å². The number of carbonyl (C=O) groups is 1. The predicted molar refractivity (Wildman–Crippen MR) is 123 cm³/mol. The molecule has 0 bridgehead atoms. The molecule has 1 heterocycles. The number of amides is 1. The summed E-state index contributed by atoms with van der Waals surface area (Å²) >= 11 is 5.96. The molecule has 0 aromatic heterocycles. The van der Waals surface area contributed by atoms with Gasteiger partial charge in [-0.15, -0.1) is 0 Å². The van der Waals surface area contributed by atoms with Gasteiger partial charge in [0.15, 0.2) is 0 Å². The van der Waals surface area contributed by atoms with Crippen molar-refractivity contribution in [3.05, 3.63) is 64.7 Å². The number of rotatable bonds is 7. The van der Waals surface area contributed by atoms with Crippen LogP contribution in [0.25, 0.3) is 0 Å². The summed E-state index contributed by atoms with van der Waals surface area (Å²) in [5.41, 5.74) is 2.47. The lowest BCUT2D eigenvalue weighted by molar-refractivity contribution is -0.126. The van der Waals surface area contributed by atoms with E-state index in [4.69, 9.17) is 16.3 Å². The second-order valence-corrected chi connectivity index (χ2v) is 9.50. The summed E-state index contributed by atoms with van der Waals surface area (Å²) in [6.45, 7) is 10.3. The zero-order chi connectivity index (χ0) is 21.6. The van der Waals surface area contributed by atoms with E-state index in [1.807, 2.05) is 30.3 Å². The Kier molecular flexibility index (Phi) is 7.79. The lowest BCUT2D eigenvalue weighted by Gasteiger charge is -2.31. The van der Waals surface area contributed by atoms with Gasteiger partial charge < -0.3 is 10.1 Å². The van der Waals surface area contributed by atoms with Gasteiger partial charge in [0.2, 0.25) is 5.91 Å². The van der Waals surface area contributed by atoms with E-state index < -0.39 is 0 Å². The van der Waals surface area contributed by atoms with Crippen molar-refractivity contribution in [3.8, 4) is 5.75 Å². The highest BCUT2D eigenvalue weighted by Crippen LogP contribution is 2.30. The molecule has 1 fully saturated rings. The van der Waals surface area contributed by atoms with Gasteiger partial charge in [-0.2, -0.15) is 0 Å². The molecule has 30 heavy (non-hydrogen) atoms. The fourth-order valence-corrected chi connectivity index (χ4v) is 4.02. The molecule has 1 aliphatic heterocycles. The monoisotopic (exact) mass is 428 g/mol. The van der Waals surface area contributed by atoms with Crippen molar-refractivity contribution in [1.82, 2.24) is 10.2 Å². The molecule has 1 amide bonds. The third kappa shape index (κ3) is 6.48. The molecule has 0 aliphatic carbocycles. The minimum Gasteiger partial charge on any atom is -0.491 e. The van der Waals surface area contributed by atoms with Crippen LogP contribution in [0.3, 0.4) is 0 Å². The van der Waals surface area contributed by atoms with E-state index in [9.17, 15) is 4.79 Å². The van der Waals surface area contributed by atoms with E-state index in [0.717, 1.165) is 43.2 Å². The van der Waals surface area contributed by atoms with Crippen LogP contribution >= 0.6 is 11.6 Å². The summed E-state index contributed by atoms with van der Waals surface area (Å²) in [7, 11) is 0. The van der Waals surface area contributed by atoms with Crippen LogP contribution < -0.4 is 10.1 Å². The molecule has 4 nitrogen and oxygen atoms in total. The Morgan fingerprint density at radius 3 is 2.43 bits per heavy atom. The van der Waals surface area contributed by atoms with E-state index >= 15 is 0 Å². The average Bonchev–Trinajstić information content (AvgIpc) is 2.73. The number of carbonyl (C=O) groups excluding carboxylic acids is 1. The summed E-state index contributed by atoms with van der Waals surface area (Å²) in [5.74, 6) is 1.14. The van der Waals surface area contributed by atoms with E-state index in [1.165, 1.54) is 11.1 Å². The van der Waals surface area contributed by atoms with Gasteiger partial charge in [-0.3, -0.25) is 9.69 Å². The fourth-order valence-electron chi connectivity index (χ4n) is 3.89. The minimum absolute atomic E-state index is 0.0276. The lowest BCUT2D eigenvalue weighted by Crippen LogP contribution is -2.41. The number of hydrogen-bond donors (Lipinski definition) is 1. The Bertz CT molecular complexity index is 822. The van der Waals surface area contributed by atoms with E-state index in [1.54, 1.807) is 0 Å². The van der Waals surface area contributed by atoms with Crippen molar-refractivity contribution in [2.24, 2.45) is 5.92 Å². The van der Waals surface area contributed by atoms with Gasteiger partial charge >= 0.3 is 0 Å². The third-order valence-corrected chi connectivity index (χ3v) is 5.88. The molecule has 0 unspecified atom stereocenters. The second kappa shape index (κ2) is 10.3. The Balaban J connectivity index is 1.38. The first-order valence-electron chi connectivity index (χ1n) is 10.8. The van der Waals surface area contributed by atoms with Crippen LogP contribution in [0.5, 0.6) is 5.75 Å². The molecule has 1 N–H and O–H groups in total. The molecule has 0 saturated carbocycles. The lowest BCUT2D eigenvalue weighted by atomic mass is 9.86. The van der Waals surface area contributed by atoms with Crippen LogP contribution in [0.15, 0.2) is 48.5 Å². The molecule has 3 rings (SSSR count). The van der Waals surface area contributed by atoms with Crippen molar-refractivity contribution in [1.29, 1.82) is 0 Å². The average molecular weight is 429 g/mol. The third-order valence-electron chi connectivity index (χ3n) is 5.63. The highest BCUT2D eigenvalue weighted by molar-refractivity contribution is 6.30. The van der Waals surface area contributed by atoms with Crippen molar-refractivity contribution in [2.45, 2.75) is 45.6 Å². The first-order valence-corrected chi connectivity index (χ1v) is 11.2. The number of hydrogen-bond acceptors (Lipinski definition) is 3. The molecule has 0 atom stereocenters. The van der Waals surface area contributed by atoms with Crippen molar-refractivity contribution in [2.75, 3.05) is 26.2 Å². The predicted octanol–water partition coefficient (Wildman–Crippen LogP) is 5.04. The van der Waals surface area contributed by atoms with E-state index in [-0.39, 0.29) is 17.2 Å². The molecule has 2 aromatic carbocycles. The molecule has 1 saturated heterocycles. The number of nitrogens with zero attached hydrogens (tertiary/aromatic N) is 1. The van der Waals surface area contributed by atoms with Crippen LogP contribution in [0, 0.1) is 5.92 Å². The second-order valence-electron chi connectivity index (χ2n) is 9.06. The molecule has 162 valence electrons. The van der Waals surface area contributed by atoms with Crippen LogP contribution in [-0.2, 0) is 16.8 Å². The number of piperidine rings is 1. The highest BCUT2D eigenvalue weighted by atomic mass is 35.5. The largest absolute Gasteiger partial charge is 0.491 e. The zero-order valence-corrected chi connectivity index (χ0v) is 19.0. The number of nitrogens with one attached hydrogen (secondary N) is 1. The summed E-state index contributed by atoms with van der Waals surface area (Å²) in [4.78, 5) is 14.9. The number of ether oxygens (including phenoxy) is 1. The Labute approximate surface area is 185 Å². The minimum atomic E-state index is 0.0276. The van der Waals surface area contributed by atoms with Gasteiger partial charge in [0, 0.05) is 17.5 Å². The first-order chi connectivity index (χ1) is 14.3. The maximum atomic E-state index is 12.5. The van der Waals surface area contributed by atoms with Crippen LogP contribution in [-0.4, -0.2) is 37.0 Å². The normalized spacial score (nSPS) is 15.7. The highest BCUT2D eigenvalue weighted by Gasteiger charge is 2.25. The number of para-hydroxylation sites is 1. The Hall–Kier alpha value is -2.04. The number of halogens is 1. The van der Waals surface area contributed by atoms with Gasteiger partial charge in [0.25, 0.3) is 0 Å². The summed E-state index contributed by atoms with van der Waals surface area (Å²) in [5, 5.41) is 3.82. The smallest absolute Gasteiger partial charge is 0.223 e. The van der Waals surface area contributed by atoms with Gasteiger partial charge in [0.05, 0.1) is 6.54 Å². The van der Waals surface area contributed by atoms with E-state index in [0.29, 0.717) is 13.2 Å². The molecule has 0 radical (unpaired) electrons. The first kappa shape index (κ1) is 22.6. The SMILES string of the molecule is CC(C)(C)c1ccccc1OCCNC(=O)C1CCN(Cc2ccc(Cl)cc2)CC1. The molecule has 0 spiro atoms. The number of likely N-dealkylation sites (tertiary alicyclic amines) is 1. The molecule has 1 aliphatic rings. The van der Waals surface area contributed by atoms with Crippen LogP contribution in [0.2, 0.25) is 5.02 Å². The summed E-state index contributed by atoms with van der Waals surface area (Å²) in [6.07, 6.45) is 1.79. The topological polar surface area (TPSA) is 41.6 Å². The van der Waals surface area contributed by atoms with Gasteiger partial charge in [-0.05, 0) is 60.7 Å². The van der Waals surface area contributed by atoms with Gasteiger partial charge in [0.1, 0.15) is 12.4 Å². The standard InChI is InChI=1S/C25H33ClN2O2/c1-25(2,3)22-6-4-5-7-23(22)30-17-14-27-24(29)20-12-15-28(16-13-20)18-19-8-10-21(26)11-9-19/h4-11,20H,12-18H2,1-3H3,(H,27,29). The molecular formula is C25H33ClN2O2. The number of benzene rings is 2. The zero-order valence-electron chi connectivity index (χ0n) is 18.3. The van der Waals surface area contributed by atoms with Gasteiger partial charge in [-0.1, -0.05) is 62.7 Å². The van der Waals surface area contributed by atoms with Gasteiger partial charge in [-0.25, -0.2) is 0 Å². The molecule has 5 heteroatoms. The molecular weight excluding hydrogens is 396 g/mol. The van der Waals surface area contributed by atoms with Crippen molar-refractivity contribution < 1.29 is 9.53 Å². The summed E-state index contributed by atoms with van der Waals surface area (Å²) < 4.78 is 5.96. The van der Waals surface area contributed by atoms with Crippen molar-refractivity contribution in [3.63, 3.8) is 0 Å². The maximum absolute atomic E-state index is 12.5. The Morgan fingerprint density at radius 2 is 1.77 bits per heavy atom. The van der Waals surface area contributed by atoms with Crippen LogP contribution in [0.4, 0.5) is 0 Å². The maximum Gasteiger partial charge on any atom is 0.223 e. The Morgan fingerprint density at radius 1 is 1.10 bits per heavy atom. The molecule has 2 aromatic rings. The summed E-state index contributed by atoms with van der Waals surface area (Å²) in [6, 6.07) is 16.1. The van der Waals surface area contributed by atoms with Crippen molar-refractivity contribution >= 4 is 17.5 Å². The van der Waals surface area contributed by atoms with Crippen LogP contribution in [0.1, 0.15) is 44.7 Å².